The lowest BCUT2D eigenvalue weighted by Gasteiger charge is -2.17. The van der Waals surface area contributed by atoms with Crippen LogP contribution in [0.1, 0.15) is 28.9 Å². The van der Waals surface area contributed by atoms with Crippen LogP contribution in [0.5, 0.6) is 0 Å². The summed E-state index contributed by atoms with van der Waals surface area (Å²) < 4.78 is 5.58. The average molecular weight is 341 g/mol. The predicted molar refractivity (Wildman–Crippen MR) is 94.4 cm³/mol. The molecule has 7 nitrogen and oxygen atoms in total. The number of rotatable bonds is 7. The highest BCUT2D eigenvalue weighted by Gasteiger charge is 2.17. The summed E-state index contributed by atoms with van der Waals surface area (Å²) in [5.41, 5.74) is 1.54. The van der Waals surface area contributed by atoms with Gasteiger partial charge in [0.05, 0.1) is 6.10 Å². The number of carbonyl (C=O) groups excluding carboxylic acids is 1. The molecule has 132 valence electrons. The Labute approximate surface area is 147 Å². The third-order valence-corrected chi connectivity index (χ3v) is 4.25. The van der Waals surface area contributed by atoms with Crippen molar-refractivity contribution >= 4 is 11.7 Å². The third kappa shape index (κ3) is 4.96. The molecule has 3 heterocycles. The van der Waals surface area contributed by atoms with Gasteiger partial charge in [0, 0.05) is 45.2 Å². The summed E-state index contributed by atoms with van der Waals surface area (Å²) >= 11 is 0. The second-order valence-electron chi connectivity index (χ2n) is 6.14. The van der Waals surface area contributed by atoms with Crippen LogP contribution in [0.4, 0.5) is 5.82 Å². The number of hydrogen-bond acceptors (Lipinski definition) is 6. The summed E-state index contributed by atoms with van der Waals surface area (Å²) in [6, 6.07) is 5.60. The van der Waals surface area contributed by atoms with Gasteiger partial charge in [0.25, 0.3) is 5.91 Å². The van der Waals surface area contributed by atoms with E-state index in [0.717, 1.165) is 31.4 Å². The van der Waals surface area contributed by atoms with Crippen LogP contribution >= 0.6 is 0 Å². The molecule has 0 aliphatic carbocycles. The Morgan fingerprint density at radius 2 is 2.20 bits per heavy atom. The zero-order chi connectivity index (χ0) is 17.5. The van der Waals surface area contributed by atoms with E-state index in [-0.39, 0.29) is 12.0 Å². The summed E-state index contributed by atoms with van der Waals surface area (Å²) in [5, 5.41) is 3.22. The first-order valence-electron chi connectivity index (χ1n) is 8.54. The molecule has 2 aromatic heterocycles. The molecule has 3 rings (SSSR count). The molecule has 2 aromatic rings. The lowest BCUT2D eigenvalue weighted by atomic mass is 10.2. The number of amides is 1. The minimum absolute atomic E-state index is 0.114. The highest BCUT2D eigenvalue weighted by molar-refractivity contribution is 5.92. The number of nitrogens with one attached hydrogen (secondary N) is 1. The van der Waals surface area contributed by atoms with E-state index in [1.54, 1.807) is 30.4 Å². The van der Waals surface area contributed by atoms with Crippen LogP contribution in [0.15, 0.2) is 36.9 Å². The maximum absolute atomic E-state index is 12.5. The van der Waals surface area contributed by atoms with E-state index in [1.807, 2.05) is 12.1 Å². The molecule has 0 spiro atoms. The zero-order valence-electron chi connectivity index (χ0n) is 14.4. The molecule has 1 unspecified atom stereocenters. The third-order valence-electron chi connectivity index (χ3n) is 4.25. The summed E-state index contributed by atoms with van der Waals surface area (Å²) in [5.74, 6) is 0.535. The number of anilines is 1. The van der Waals surface area contributed by atoms with Gasteiger partial charge < -0.3 is 15.0 Å². The highest BCUT2D eigenvalue weighted by Crippen LogP contribution is 2.13. The van der Waals surface area contributed by atoms with Crippen LogP contribution in [-0.2, 0) is 11.2 Å². The van der Waals surface area contributed by atoms with Crippen molar-refractivity contribution in [3.63, 3.8) is 0 Å². The first kappa shape index (κ1) is 17.3. The topological polar surface area (TPSA) is 80.2 Å². The molecule has 1 N–H and O–H groups in total. The molecule has 0 radical (unpaired) electrons. The Bertz CT molecular complexity index is 689. The molecule has 1 atom stereocenters. The van der Waals surface area contributed by atoms with Gasteiger partial charge in [-0.2, -0.15) is 0 Å². The van der Waals surface area contributed by atoms with Crippen LogP contribution in [0.25, 0.3) is 0 Å². The smallest absolute Gasteiger partial charge is 0.272 e. The Morgan fingerprint density at radius 1 is 1.36 bits per heavy atom. The number of carbonyl (C=O) groups is 1. The van der Waals surface area contributed by atoms with Crippen LogP contribution in [0.2, 0.25) is 0 Å². The second kappa shape index (κ2) is 8.53. The Morgan fingerprint density at radius 3 is 2.96 bits per heavy atom. The Kier molecular flexibility index (Phi) is 5.90. The number of nitrogens with zero attached hydrogens (tertiary/aromatic N) is 4. The van der Waals surface area contributed by atoms with E-state index >= 15 is 0 Å². The van der Waals surface area contributed by atoms with E-state index in [9.17, 15) is 4.79 Å². The normalized spacial score (nSPS) is 16.6. The molecule has 25 heavy (non-hydrogen) atoms. The summed E-state index contributed by atoms with van der Waals surface area (Å²) in [6.07, 6.45) is 8.09. The standard InChI is InChI=1S/C18H23N5O2/c1-23(9-6-14-4-7-19-8-5-14)18(24)16-11-17(22-13-21-16)20-12-15-3-2-10-25-15/h4-5,7-8,11,13,15H,2-3,6,9-10,12H2,1H3,(H,20,21,22). The van der Waals surface area contributed by atoms with Crippen molar-refractivity contribution in [2.24, 2.45) is 0 Å². The van der Waals surface area contributed by atoms with Gasteiger partial charge in [0.1, 0.15) is 17.8 Å². The minimum atomic E-state index is -0.114. The molecule has 1 saturated heterocycles. The maximum Gasteiger partial charge on any atom is 0.272 e. The molecular weight excluding hydrogens is 318 g/mol. The van der Waals surface area contributed by atoms with Gasteiger partial charge in [-0.05, 0) is 37.0 Å². The molecule has 1 aliphatic heterocycles. The van der Waals surface area contributed by atoms with Crippen LogP contribution in [-0.4, -0.2) is 58.6 Å². The predicted octanol–water partition coefficient (Wildman–Crippen LogP) is 1.78. The molecule has 1 amide bonds. The Hall–Kier alpha value is -2.54. The molecule has 0 aromatic carbocycles. The SMILES string of the molecule is CN(CCc1ccncc1)C(=O)c1cc(NCC2CCCO2)ncn1. The minimum Gasteiger partial charge on any atom is -0.376 e. The van der Waals surface area contributed by atoms with E-state index in [2.05, 4.69) is 20.3 Å². The monoisotopic (exact) mass is 341 g/mol. The van der Waals surface area contributed by atoms with Gasteiger partial charge in [-0.25, -0.2) is 9.97 Å². The number of aromatic nitrogens is 3. The fourth-order valence-corrected chi connectivity index (χ4v) is 2.74. The van der Waals surface area contributed by atoms with E-state index in [1.165, 1.54) is 6.33 Å². The van der Waals surface area contributed by atoms with Crippen LogP contribution in [0.3, 0.4) is 0 Å². The van der Waals surface area contributed by atoms with Crippen molar-refractivity contribution in [2.45, 2.75) is 25.4 Å². The zero-order valence-corrected chi connectivity index (χ0v) is 14.4. The fourth-order valence-electron chi connectivity index (χ4n) is 2.74. The van der Waals surface area contributed by atoms with Crippen LogP contribution in [0, 0.1) is 0 Å². The number of hydrogen-bond donors (Lipinski definition) is 1. The van der Waals surface area contributed by atoms with Gasteiger partial charge in [0.2, 0.25) is 0 Å². The lowest BCUT2D eigenvalue weighted by molar-refractivity contribution is 0.0790. The van der Waals surface area contributed by atoms with Crippen molar-refractivity contribution in [3.8, 4) is 0 Å². The highest BCUT2D eigenvalue weighted by atomic mass is 16.5. The molecule has 0 saturated carbocycles. The average Bonchev–Trinajstić information content (AvgIpc) is 3.18. The largest absolute Gasteiger partial charge is 0.376 e. The van der Waals surface area contributed by atoms with Gasteiger partial charge >= 0.3 is 0 Å². The first-order valence-corrected chi connectivity index (χ1v) is 8.54. The molecule has 7 heteroatoms. The van der Waals surface area contributed by atoms with Gasteiger partial charge in [-0.15, -0.1) is 0 Å². The van der Waals surface area contributed by atoms with Gasteiger partial charge in [-0.3, -0.25) is 9.78 Å². The first-order chi connectivity index (χ1) is 12.2. The number of pyridine rings is 1. The molecular formula is C18H23N5O2. The van der Waals surface area contributed by atoms with Gasteiger partial charge in [-0.1, -0.05) is 0 Å². The quantitative estimate of drug-likeness (QED) is 0.827. The lowest BCUT2D eigenvalue weighted by Crippen LogP contribution is -2.29. The van der Waals surface area contributed by atoms with Crippen LogP contribution < -0.4 is 5.32 Å². The van der Waals surface area contributed by atoms with E-state index in [4.69, 9.17) is 4.74 Å². The van der Waals surface area contributed by atoms with E-state index in [0.29, 0.717) is 24.6 Å². The van der Waals surface area contributed by atoms with Crippen molar-refractivity contribution in [1.82, 2.24) is 19.9 Å². The van der Waals surface area contributed by atoms with Crippen molar-refractivity contribution in [3.05, 3.63) is 48.2 Å². The number of ether oxygens (including phenoxy) is 1. The maximum atomic E-state index is 12.5. The van der Waals surface area contributed by atoms with Gasteiger partial charge in [0.15, 0.2) is 0 Å². The fraction of sp³-hybridized carbons (Fsp3) is 0.444. The molecule has 1 fully saturated rings. The van der Waals surface area contributed by atoms with E-state index < -0.39 is 0 Å². The van der Waals surface area contributed by atoms with Crippen molar-refractivity contribution in [1.29, 1.82) is 0 Å². The number of likely N-dealkylation sites (N-methyl/N-ethyl adjacent to an activating group) is 1. The van der Waals surface area contributed by atoms with Crippen molar-refractivity contribution in [2.75, 3.05) is 32.1 Å². The summed E-state index contributed by atoms with van der Waals surface area (Å²) in [4.78, 5) is 26.5. The summed E-state index contributed by atoms with van der Waals surface area (Å²) in [7, 11) is 1.78. The van der Waals surface area contributed by atoms with Crippen molar-refractivity contribution < 1.29 is 9.53 Å². The molecule has 0 bridgehead atoms. The molecule has 1 aliphatic rings. The second-order valence-corrected chi connectivity index (χ2v) is 6.14. The summed E-state index contributed by atoms with van der Waals surface area (Å²) in [6.45, 7) is 2.14. The Balaban J connectivity index is 1.54.